The Labute approximate surface area is 170 Å². The molecule has 4 rings (SSSR count). The quantitative estimate of drug-likeness (QED) is 0.719. The van der Waals surface area contributed by atoms with Crippen LogP contribution in [0.5, 0.6) is 0 Å². The van der Waals surface area contributed by atoms with E-state index in [-0.39, 0.29) is 5.91 Å². The van der Waals surface area contributed by atoms with Gasteiger partial charge in [0, 0.05) is 49.8 Å². The van der Waals surface area contributed by atoms with E-state index >= 15 is 0 Å². The van der Waals surface area contributed by atoms with Crippen LogP contribution in [0.25, 0.3) is 0 Å². The molecule has 0 aliphatic carbocycles. The number of amides is 1. The molecule has 2 aromatic heterocycles. The molecule has 2 aliphatic heterocycles. The number of hydrogen-bond acceptors (Lipinski definition) is 7. The van der Waals surface area contributed by atoms with Crippen LogP contribution in [0.15, 0.2) is 24.8 Å². The number of morpholine rings is 1. The van der Waals surface area contributed by atoms with Gasteiger partial charge in [0.1, 0.15) is 11.7 Å². The number of nitrogens with one attached hydrogen (secondary N) is 1. The fourth-order valence-corrected chi connectivity index (χ4v) is 3.96. The van der Waals surface area contributed by atoms with Gasteiger partial charge in [0.2, 0.25) is 11.9 Å². The van der Waals surface area contributed by atoms with Gasteiger partial charge in [-0.3, -0.25) is 4.79 Å². The Morgan fingerprint density at radius 1 is 1.34 bits per heavy atom. The topological polar surface area (TPSA) is 94.4 Å². The van der Waals surface area contributed by atoms with E-state index in [1.807, 2.05) is 30.7 Å². The summed E-state index contributed by atoms with van der Waals surface area (Å²) in [5.74, 6) is 0.647. The summed E-state index contributed by atoms with van der Waals surface area (Å²) in [6, 6.07) is 1.96. The number of ether oxygens (including phenoxy) is 2. The van der Waals surface area contributed by atoms with Gasteiger partial charge in [-0.05, 0) is 26.3 Å². The first kappa shape index (κ1) is 19.8. The van der Waals surface area contributed by atoms with E-state index in [1.165, 1.54) is 0 Å². The Morgan fingerprint density at radius 2 is 2.17 bits per heavy atom. The van der Waals surface area contributed by atoms with E-state index in [4.69, 9.17) is 9.47 Å². The van der Waals surface area contributed by atoms with E-state index in [1.54, 1.807) is 12.5 Å². The second kappa shape index (κ2) is 8.46. The number of nitrogens with zero attached hydrogens (tertiary/aromatic N) is 5. The molecule has 0 aromatic carbocycles. The molecule has 1 spiro atoms. The molecule has 4 heterocycles. The first-order chi connectivity index (χ1) is 14.0. The summed E-state index contributed by atoms with van der Waals surface area (Å²) in [4.78, 5) is 27.8. The standard InChI is InChI=1S/C20H28N6O3/c1-15-10-16(2)24-19(23-15)26-8-9-29-20(12-26)11-17(28-13-20)18(27)22-4-3-6-25-7-5-21-14-25/h5,7,10,14,17H,3-4,6,8-9,11-13H2,1-2H3,(H,22,27). The fraction of sp³-hybridized carbons (Fsp3) is 0.600. The van der Waals surface area contributed by atoms with Gasteiger partial charge in [0.05, 0.1) is 26.1 Å². The van der Waals surface area contributed by atoms with E-state index in [9.17, 15) is 4.79 Å². The maximum absolute atomic E-state index is 12.5. The molecule has 9 heteroatoms. The normalized spacial score (nSPS) is 24.2. The van der Waals surface area contributed by atoms with Crippen LogP contribution >= 0.6 is 0 Å². The summed E-state index contributed by atoms with van der Waals surface area (Å²) >= 11 is 0. The summed E-state index contributed by atoms with van der Waals surface area (Å²) in [6.45, 7) is 7.70. The number of anilines is 1. The van der Waals surface area contributed by atoms with Gasteiger partial charge in [0.25, 0.3) is 0 Å². The number of aromatic nitrogens is 4. The van der Waals surface area contributed by atoms with Crippen molar-refractivity contribution in [2.75, 3.05) is 37.7 Å². The van der Waals surface area contributed by atoms with E-state index < -0.39 is 11.7 Å². The summed E-state index contributed by atoms with van der Waals surface area (Å²) in [7, 11) is 0. The molecule has 2 atom stereocenters. The third kappa shape index (κ3) is 4.73. The highest BCUT2D eigenvalue weighted by Crippen LogP contribution is 2.32. The van der Waals surface area contributed by atoms with Crippen molar-refractivity contribution >= 4 is 11.9 Å². The Hall–Kier alpha value is -2.52. The van der Waals surface area contributed by atoms with Crippen molar-refractivity contribution in [1.82, 2.24) is 24.8 Å². The summed E-state index contributed by atoms with van der Waals surface area (Å²) in [5.41, 5.74) is 1.41. The minimum Gasteiger partial charge on any atom is -0.369 e. The van der Waals surface area contributed by atoms with Crippen molar-refractivity contribution < 1.29 is 14.3 Å². The molecule has 2 saturated heterocycles. The first-order valence-corrected chi connectivity index (χ1v) is 10.1. The van der Waals surface area contributed by atoms with Crippen molar-refractivity contribution in [3.8, 4) is 0 Å². The highest BCUT2D eigenvalue weighted by Gasteiger charge is 2.47. The number of rotatable bonds is 6. The zero-order valence-electron chi connectivity index (χ0n) is 17.0. The van der Waals surface area contributed by atoms with Gasteiger partial charge >= 0.3 is 0 Å². The molecule has 2 aliphatic rings. The Morgan fingerprint density at radius 3 is 2.93 bits per heavy atom. The number of carbonyl (C=O) groups is 1. The molecule has 156 valence electrons. The first-order valence-electron chi connectivity index (χ1n) is 10.1. The molecule has 2 unspecified atom stereocenters. The van der Waals surface area contributed by atoms with Gasteiger partial charge in [-0.25, -0.2) is 15.0 Å². The van der Waals surface area contributed by atoms with Gasteiger partial charge in [-0.2, -0.15) is 0 Å². The van der Waals surface area contributed by atoms with Crippen LogP contribution in [0.1, 0.15) is 24.2 Å². The maximum Gasteiger partial charge on any atom is 0.249 e. The summed E-state index contributed by atoms with van der Waals surface area (Å²) in [5, 5.41) is 2.98. The lowest BCUT2D eigenvalue weighted by molar-refractivity contribution is -0.130. The highest BCUT2D eigenvalue weighted by atomic mass is 16.6. The smallest absolute Gasteiger partial charge is 0.249 e. The largest absolute Gasteiger partial charge is 0.369 e. The molecule has 1 N–H and O–H groups in total. The molecule has 2 fully saturated rings. The number of carbonyl (C=O) groups excluding carboxylic acids is 1. The van der Waals surface area contributed by atoms with Crippen LogP contribution in [0.4, 0.5) is 5.95 Å². The maximum atomic E-state index is 12.5. The molecule has 29 heavy (non-hydrogen) atoms. The summed E-state index contributed by atoms with van der Waals surface area (Å²) < 4.78 is 13.9. The Balaban J connectivity index is 1.30. The molecular formula is C20H28N6O3. The van der Waals surface area contributed by atoms with Crippen molar-refractivity contribution in [1.29, 1.82) is 0 Å². The second-order valence-electron chi connectivity index (χ2n) is 7.85. The van der Waals surface area contributed by atoms with Gasteiger partial charge < -0.3 is 24.3 Å². The third-order valence-corrected chi connectivity index (χ3v) is 5.35. The Bertz CT molecular complexity index is 822. The second-order valence-corrected chi connectivity index (χ2v) is 7.85. The SMILES string of the molecule is Cc1cc(C)nc(N2CCOC3(COC(C(=O)NCCCn4ccnc4)C3)C2)n1. The van der Waals surface area contributed by atoms with Crippen molar-refractivity contribution in [2.45, 2.75) is 44.9 Å². The minimum absolute atomic E-state index is 0.0733. The van der Waals surface area contributed by atoms with Crippen LogP contribution in [0.2, 0.25) is 0 Å². The molecule has 9 nitrogen and oxygen atoms in total. The molecule has 0 saturated carbocycles. The predicted molar refractivity (Wildman–Crippen MR) is 107 cm³/mol. The molecule has 0 radical (unpaired) electrons. The lowest BCUT2D eigenvalue weighted by Crippen LogP contribution is -2.53. The number of aryl methyl sites for hydroxylation is 3. The van der Waals surface area contributed by atoms with Crippen LogP contribution in [0, 0.1) is 13.8 Å². The third-order valence-electron chi connectivity index (χ3n) is 5.35. The summed E-state index contributed by atoms with van der Waals surface area (Å²) in [6.07, 6.45) is 6.34. The van der Waals surface area contributed by atoms with Gasteiger partial charge in [-0.15, -0.1) is 0 Å². The monoisotopic (exact) mass is 400 g/mol. The zero-order valence-corrected chi connectivity index (χ0v) is 17.0. The van der Waals surface area contributed by atoms with Crippen LogP contribution in [-0.2, 0) is 20.8 Å². The highest BCUT2D eigenvalue weighted by molar-refractivity contribution is 5.81. The Kier molecular flexibility index (Phi) is 5.77. The van der Waals surface area contributed by atoms with Crippen molar-refractivity contribution in [3.63, 3.8) is 0 Å². The molecular weight excluding hydrogens is 372 g/mol. The molecule has 1 amide bonds. The predicted octanol–water partition coefficient (Wildman–Crippen LogP) is 0.861. The van der Waals surface area contributed by atoms with Crippen molar-refractivity contribution in [3.05, 3.63) is 36.2 Å². The van der Waals surface area contributed by atoms with Gasteiger partial charge in [0.15, 0.2) is 0 Å². The van der Waals surface area contributed by atoms with Gasteiger partial charge in [-0.1, -0.05) is 0 Å². The average Bonchev–Trinajstić information content (AvgIpc) is 3.35. The van der Waals surface area contributed by atoms with Crippen LogP contribution in [-0.4, -0.2) is 70.0 Å². The van der Waals surface area contributed by atoms with Crippen LogP contribution in [0.3, 0.4) is 0 Å². The number of imidazole rings is 1. The average molecular weight is 400 g/mol. The van der Waals surface area contributed by atoms with Crippen molar-refractivity contribution in [2.24, 2.45) is 0 Å². The lowest BCUT2D eigenvalue weighted by Gasteiger charge is -2.39. The molecule has 0 bridgehead atoms. The molecule has 2 aromatic rings. The van der Waals surface area contributed by atoms with E-state index in [0.29, 0.717) is 32.7 Å². The fourth-order valence-electron chi connectivity index (χ4n) is 3.96. The number of hydrogen-bond donors (Lipinski definition) is 1. The van der Waals surface area contributed by atoms with E-state index in [0.717, 1.165) is 36.8 Å². The zero-order chi connectivity index (χ0) is 20.3. The lowest BCUT2D eigenvalue weighted by atomic mass is 9.97. The van der Waals surface area contributed by atoms with E-state index in [2.05, 4.69) is 25.2 Å². The minimum atomic E-state index is -0.488. The van der Waals surface area contributed by atoms with Crippen LogP contribution < -0.4 is 10.2 Å².